The molecule has 0 fully saturated rings. The number of methoxy groups -OCH3 is 2. The third kappa shape index (κ3) is 4.52. The molecule has 146 valence electrons. The predicted octanol–water partition coefficient (Wildman–Crippen LogP) is 3.53. The first-order valence-corrected chi connectivity index (χ1v) is 8.95. The molecule has 0 spiro atoms. The molecule has 0 atom stereocenters. The van der Waals surface area contributed by atoms with Gasteiger partial charge in [-0.1, -0.05) is 23.7 Å². The lowest BCUT2D eigenvalue weighted by molar-refractivity contribution is -0.311. The van der Waals surface area contributed by atoms with E-state index in [0.29, 0.717) is 10.8 Å². The van der Waals surface area contributed by atoms with Crippen LogP contribution in [0.4, 0.5) is 13.2 Å². The number of hydrogen-bond donors (Lipinski definition) is 0. The van der Waals surface area contributed by atoms with Gasteiger partial charge in [-0.05, 0) is 12.1 Å². The second-order valence-electron chi connectivity index (χ2n) is 5.14. The largest absolute Gasteiger partial charge is 0.741 e. The highest BCUT2D eigenvalue weighted by Crippen LogP contribution is 2.35. The maximum absolute atomic E-state index is 10.7. The van der Waals surface area contributed by atoms with Crippen LogP contribution in [0.1, 0.15) is 0 Å². The number of para-hydroxylation sites is 1. The van der Waals surface area contributed by atoms with E-state index in [9.17, 15) is 13.2 Å². The average Bonchev–Trinajstić information content (AvgIpc) is 2.60. The Morgan fingerprint density at radius 3 is 2.19 bits per heavy atom. The van der Waals surface area contributed by atoms with Crippen molar-refractivity contribution in [1.29, 1.82) is 0 Å². The molecule has 0 aliphatic carbocycles. The molecule has 3 aromatic rings. The minimum Gasteiger partial charge on any atom is -0.741 e. The minimum atomic E-state index is -6.09. The smallest absolute Gasteiger partial charge is 0.485 e. The second kappa shape index (κ2) is 7.75. The number of aromatic nitrogens is 1. The number of hydrogen-bond acceptors (Lipinski definition) is 5. The van der Waals surface area contributed by atoms with Gasteiger partial charge in [-0.2, -0.15) is 13.2 Å². The number of pyridine rings is 1. The summed E-state index contributed by atoms with van der Waals surface area (Å²) >= 11 is 6.50. The van der Waals surface area contributed by atoms with Crippen LogP contribution in [0.25, 0.3) is 21.8 Å². The normalized spacial score (nSPS) is 11.8. The van der Waals surface area contributed by atoms with Gasteiger partial charge in [-0.25, -0.2) is 13.4 Å². The minimum absolute atomic E-state index is 0.696. The molecule has 27 heavy (non-hydrogen) atoms. The first-order chi connectivity index (χ1) is 12.5. The Morgan fingerprint density at radius 1 is 1.07 bits per heavy atom. The molecule has 1 heterocycles. The highest BCUT2D eigenvalue weighted by atomic mass is 35.5. The van der Waals surface area contributed by atoms with Crippen molar-refractivity contribution in [2.24, 2.45) is 0 Å². The molecular formula is C16H13ClF3NO5S. The molecule has 0 unspecified atom stereocenters. The van der Waals surface area contributed by atoms with Gasteiger partial charge < -0.3 is 14.0 Å². The zero-order valence-corrected chi connectivity index (χ0v) is 15.5. The quantitative estimate of drug-likeness (QED) is 0.357. The van der Waals surface area contributed by atoms with Crippen LogP contribution in [-0.4, -0.2) is 32.7 Å². The summed E-state index contributed by atoms with van der Waals surface area (Å²) in [4.78, 5) is 3.36. The van der Waals surface area contributed by atoms with Crippen LogP contribution >= 0.6 is 11.6 Å². The van der Waals surface area contributed by atoms with Gasteiger partial charge in [-0.15, -0.1) is 0 Å². The van der Waals surface area contributed by atoms with Gasteiger partial charge in [0.25, 0.3) is 5.52 Å². The molecule has 1 aromatic heterocycles. The molecule has 0 saturated carbocycles. The lowest BCUT2D eigenvalue weighted by Crippen LogP contribution is -2.21. The van der Waals surface area contributed by atoms with Crippen molar-refractivity contribution in [2.75, 3.05) is 14.2 Å². The van der Waals surface area contributed by atoms with Gasteiger partial charge in [0, 0.05) is 12.1 Å². The first-order valence-electron chi connectivity index (χ1n) is 7.17. The first kappa shape index (κ1) is 21.0. The summed E-state index contributed by atoms with van der Waals surface area (Å²) in [5, 5.41) is 2.56. The van der Waals surface area contributed by atoms with E-state index in [4.69, 9.17) is 34.0 Å². The van der Waals surface area contributed by atoms with Gasteiger partial charge >= 0.3 is 5.51 Å². The summed E-state index contributed by atoms with van der Waals surface area (Å²) in [7, 11) is -2.84. The van der Waals surface area contributed by atoms with Crippen molar-refractivity contribution in [3.63, 3.8) is 0 Å². The highest BCUT2D eigenvalue weighted by molar-refractivity contribution is 7.86. The Hall–Kier alpha value is -2.30. The summed E-state index contributed by atoms with van der Waals surface area (Å²) < 4.78 is 69.6. The number of H-pyrrole nitrogens is 1. The molecule has 3 rings (SSSR count). The molecular weight excluding hydrogens is 411 g/mol. The van der Waals surface area contributed by atoms with Gasteiger partial charge in [0.1, 0.15) is 5.75 Å². The fraction of sp³-hybridized carbons (Fsp3) is 0.188. The third-order valence-corrected chi connectivity index (χ3v) is 4.45. The van der Waals surface area contributed by atoms with Crippen molar-refractivity contribution in [1.82, 2.24) is 0 Å². The Kier molecular flexibility index (Phi) is 6.03. The van der Waals surface area contributed by atoms with Gasteiger partial charge in [-0.3, -0.25) is 0 Å². The molecule has 0 radical (unpaired) electrons. The molecule has 6 nitrogen and oxygen atoms in total. The molecule has 0 bridgehead atoms. The van der Waals surface area contributed by atoms with Crippen LogP contribution in [0.2, 0.25) is 5.02 Å². The van der Waals surface area contributed by atoms with Crippen molar-refractivity contribution >= 4 is 43.5 Å². The van der Waals surface area contributed by atoms with E-state index in [2.05, 4.69) is 4.98 Å². The maximum Gasteiger partial charge on any atom is 0.485 e. The summed E-state index contributed by atoms with van der Waals surface area (Å²) in [6.45, 7) is 0. The zero-order valence-electron chi connectivity index (χ0n) is 13.9. The van der Waals surface area contributed by atoms with Crippen molar-refractivity contribution in [3.8, 4) is 11.5 Å². The Balaban J connectivity index is 0.000000279. The molecule has 0 aliphatic heterocycles. The number of ether oxygens (including phenoxy) is 2. The molecule has 2 aromatic carbocycles. The number of fused-ring (bicyclic) bond motifs is 2. The lowest BCUT2D eigenvalue weighted by atomic mass is 10.1. The summed E-state index contributed by atoms with van der Waals surface area (Å²) in [6.07, 6.45) is 0. The van der Waals surface area contributed by atoms with Crippen LogP contribution in [0, 0.1) is 0 Å². The van der Waals surface area contributed by atoms with E-state index in [1.54, 1.807) is 14.2 Å². The van der Waals surface area contributed by atoms with E-state index < -0.39 is 15.6 Å². The molecule has 0 amide bonds. The standard InChI is InChI=1S/C15H12ClNO2.CHF3O3S/c1-18-9-7-11-14(16)10-5-3-4-6-12(10)17-15(11)13(8-9)19-2;2-1(3,4)8(5,6)7/h3-8H,1-2H3;(H,5,6,7). The van der Waals surface area contributed by atoms with Gasteiger partial charge in [0.05, 0.1) is 30.0 Å². The molecule has 0 aliphatic rings. The lowest BCUT2D eigenvalue weighted by Gasteiger charge is -2.08. The number of nitrogens with one attached hydrogen (secondary N) is 1. The van der Waals surface area contributed by atoms with Gasteiger partial charge in [0.2, 0.25) is 5.52 Å². The Morgan fingerprint density at radius 2 is 1.67 bits per heavy atom. The summed E-state index contributed by atoms with van der Waals surface area (Å²) in [5.41, 5.74) is -3.80. The van der Waals surface area contributed by atoms with Crippen molar-refractivity contribution < 1.29 is 40.6 Å². The SMILES string of the molecule is COc1cc(OC)c2[nH+]c3ccccc3c(Cl)c2c1.O=S(=O)([O-])C(F)(F)F. The molecule has 11 heteroatoms. The zero-order chi connectivity index (χ0) is 20.4. The molecule has 0 saturated heterocycles. The summed E-state index contributed by atoms with van der Waals surface area (Å²) in [6, 6.07) is 11.7. The topological polar surface area (TPSA) is 89.8 Å². The predicted molar refractivity (Wildman–Crippen MR) is 91.9 cm³/mol. The third-order valence-electron chi connectivity index (χ3n) is 3.47. The number of alkyl halides is 3. The second-order valence-corrected chi connectivity index (χ2v) is 6.89. The van der Waals surface area contributed by atoms with Crippen LogP contribution in [0.15, 0.2) is 36.4 Å². The van der Waals surface area contributed by atoms with E-state index in [0.717, 1.165) is 27.6 Å². The van der Waals surface area contributed by atoms with E-state index in [1.165, 1.54) is 0 Å². The Labute approximate surface area is 157 Å². The fourth-order valence-electron chi connectivity index (χ4n) is 2.23. The van der Waals surface area contributed by atoms with Crippen LogP contribution in [0.5, 0.6) is 11.5 Å². The highest BCUT2D eigenvalue weighted by Gasteiger charge is 2.36. The van der Waals surface area contributed by atoms with E-state index >= 15 is 0 Å². The maximum atomic E-state index is 10.7. The monoisotopic (exact) mass is 423 g/mol. The number of aromatic amines is 1. The van der Waals surface area contributed by atoms with Crippen molar-refractivity contribution in [3.05, 3.63) is 41.4 Å². The number of rotatable bonds is 2. The van der Waals surface area contributed by atoms with Gasteiger partial charge in [0.15, 0.2) is 15.9 Å². The van der Waals surface area contributed by atoms with Crippen molar-refractivity contribution in [2.45, 2.75) is 5.51 Å². The van der Waals surface area contributed by atoms with Crippen LogP contribution in [0.3, 0.4) is 0 Å². The van der Waals surface area contributed by atoms with Crippen LogP contribution in [-0.2, 0) is 10.1 Å². The molecule has 1 N–H and O–H groups in total. The van der Waals surface area contributed by atoms with Crippen LogP contribution < -0.4 is 14.5 Å². The number of benzene rings is 2. The van der Waals surface area contributed by atoms with E-state index in [1.807, 2.05) is 36.4 Å². The summed E-state index contributed by atoms with van der Waals surface area (Å²) in [5.74, 6) is 1.43. The Bertz CT molecular complexity index is 1090. The number of halogens is 4. The fourth-order valence-corrected chi connectivity index (χ4v) is 2.55. The van der Waals surface area contributed by atoms with E-state index in [-0.39, 0.29) is 0 Å². The average molecular weight is 424 g/mol.